The Morgan fingerprint density at radius 2 is 2.08 bits per heavy atom. The van der Waals surface area contributed by atoms with Crippen LogP contribution in [0.1, 0.15) is 6.42 Å². The molecule has 0 atom stereocenters. The molecule has 0 unspecified atom stereocenters. The van der Waals surface area contributed by atoms with Gasteiger partial charge < -0.3 is 9.47 Å². The van der Waals surface area contributed by atoms with E-state index in [-0.39, 0.29) is 11.3 Å². The van der Waals surface area contributed by atoms with Crippen LogP contribution in [0.2, 0.25) is 0 Å². The lowest BCUT2D eigenvalue weighted by molar-refractivity contribution is -0.933. The molecule has 0 amide bonds. The van der Waals surface area contributed by atoms with Crippen molar-refractivity contribution in [2.75, 3.05) is 27.3 Å². The summed E-state index contributed by atoms with van der Waals surface area (Å²) in [5, 5.41) is 0. The number of nitrogens with two attached hydrogens (primary N) is 2. The van der Waals surface area contributed by atoms with Gasteiger partial charge in [-0.2, -0.15) is 16.4 Å². The van der Waals surface area contributed by atoms with E-state index in [9.17, 15) is 4.79 Å². The van der Waals surface area contributed by atoms with Gasteiger partial charge in [0.05, 0.1) is 7.11 Å². The molecule has 0 aromatic carbocycles. The highest BCUT2D eigenvalue weighted by atomic mass is 16.7. The molecule has 0 aliphatic heterocycles. The number of ether oxygens (including phenoxy) is 2. The first-order valence-electron chi connectivity index (χ1n) is 3.59. The van der Waals surface area contributed by atoms with Gasteiger partial charge in [0.15, 0.2) is 0 Å². The van der Waals surface area contributed by atoms with E-state index < -0.39 is 6.16 Å². The van der Waals surface area contributed by atoms with Crippen LogP contribution in [-0.2, 0) is 9.47 Å². The van der Waals surface area contributed by atoms with E-state index in [1.54, 1.807) is 7.05 Å². The molecule has 0 saturated heterocycles. The summed E-state index contributed by atoms with van der Waals surface area (Å²) in [6, 6.07) is 0. The minimum atomic E-state index is -0.682. The first-order valence-corrected chi connectivity index (χ1v) is 3.59. The molecule has 0 bridgehead atoms. The van der Waals surface area contributed by atoms with Crippen LogP contribution in [0.3, 0.4) is 0 Å². The number of carbonyl (C=O) groups excluding carboxylic acids is 1. The van der Waals surface area contributed by atoms with Crippen LogP contribution in [0, 0.1) is 0 Å². The molecule has 6 heteroatoms. The topological polar surface area (TPSA) is 87.6 Å². The van der Waals surface area contributed by atoms with Gasteiger partial charge in [0.1, 0.15) is 20.2 Å². The van der Waals surface area contributed by atoms with Crippen LogP contribution >= 0.6 is 0 Å². The number of hydrogen-bond donors (Lipinski definition) is 2. The Bertz CT molecular complexity index is 143. The summed E-state index contributed by atoms with van der Waals surface area (Å²) < 4.78 is 8.74. The second-order valence-corrected chi connectivity index (χ2v) is 2.73. The number of carbonyl (C=O) groups is 1. The Balaban J connectivity index is 3.28. The first-order chi connectivity index (χ1) is 5.45. The van der Waals surface area contributed by atoms with Crippen molar-refractivity contribution in [3.63, 3.8) is 0 Å². The molecule has 0 aliphatic rings. The Morgan fingerprint density at radius 1 is 1.50 bits per heavy atom. The number of methoxy groups -OCH3 is 1. The summed E-state index contributed by atoms with van der Waals surface area (Å²) in [5.41, 5.74) is 0. The predicted octanol–water partition coefficient (Wildman–Crippen LogP) is -0.646. The minimum Gasteiger partial charge on any atom is -0.438 e. The van der Waals surface area contributed by atoms with E-state index in [1.165, 1.54) is 7.11 Å². The maximum atomic E-state index is 10.4. The number of hydrogen-bond acceptors (Lipinski definition) is 5. The molecule has 0 radical (unpaired) electrons. The number of rotatable bonds is 4. The second-order valence-electron chi connectivity index (χ2n) is 2.73. The molecule has 0 heterocycles. The lowest BCUT2D eigenvalue weighted by Crippen LogP contribution is -2.57. The Labute approximate surface area is 71.5 Å². The number of nitrogens with zero attached hydrogens (tertiary/aromatic N) is 1. The Kier molecular flexibility index (Phi) is 4.57. The van der Waals surface area contributed by atoms with Gasteiger partial charge in [-0.25, -0.2) is 4.79 Å². The van der Waals surface area contributed by atoms with Crippen molar-refractivity contribution < 1.29 is 19.0 Å². The smallest absolute Gasteiger partial charge is 0.438 e. The molecule has 6 nitrogen and oxygen atoms in total. The molecule has 0 fully saturated rings. The van der Waals surface area contributed by atoms with Crippen molar-refractivity contribution in [2.45, 2.75) is 6.42 Å². The van der Waals surface area contributed by atoms with Crippen LogP contribution in [0.25, 0.3) is 0 Å². The van der Waals surface area contributed by atoms with Crippen molar-refractivity contribution >= 4 is 6.16 Å². The number of quaternary nitrogens is 1. The molecule has 72 valence electrons. The zero-order chi connectivity index (χ0) is 9.61. The summed E-state index contributed by atoms with van der Waals surface area (Å²) in [7, 11) is 2.91. The third-order valence-electron chi connectivity index (χ3n) is 1.17. The molecule has 4 N–H and O–H groups in total. The fourth-order valence-electron chi connectivity index (χ4n) is 0.620. The Morgan fingerprint density at radius 3 is 2.50 bits per heavy atom. The normalized spacial score (nSPS) is 11.0. The molecule has 0 spiro atoms. The molecule has 0 aliphatic carbocycles. The fraction of sp³-hybridized carbons (Fsp3) is 0.833. The van der Waals surface area contributed by atoms with Crippen molar-refractivity contribution in [1.82, 2.24) is 0 Å². The summed E-state index contributed by atoms with van der Waals surface area (Å²) in [5.74, 6) is 10.9. The van der Waals surface area contributed by atoms with E-state index in [0.717, 1.165) is 0 Å². The highest BCUT2D eigenvalue weighted by Gasteiger charge is 2.09. The standard InChI is InChI=1S/C6H16N3O3/c1-9(7,8)4-3-5-12-6(10)11-2/h3-5,7-8H2,1-2H3/q+1. The molecule has 12 heavy (non-hydrogen) atoms. The molecule has 0 rings (SSSR count). The zero-order valence-corrected chi connectivity index (χ0v) is 7.45. The average molecular weight is 178 g/mol. The quantitative estimate of drug-likeness (QED) is 0.196. The summed E-state index contributed by atoms with van der Waals surface area (Å²) in [4.78, 5) is 10.4. The van der Waals surface area contributed by atoms with Gasteiger partial charge in [0.2, 0.25) is 0 Å². The summed E-state index contributed by atoms with van der Waals surface area (Å²) in [6.07, 6.45) is -0.0725. The molecule has 0 aromatic heterocycles. The lowest BCUT2D eigenvalue weighted by atomic mass is 10.4. The SMILES string of the molecule is COC(=O)OCCC[N+](C)(N)N. The van der Waals surface area contributed by atoms with Crippen LogP contribution < -0.4 is 11.7 Å². The Hall–Kier alpha value is -0.850. The summed E-state index contributed by atoms with van der Waals surface area (Å²) in [6.45, 7) is 0.811. The van der Waals surface area contributed by atoms with Gasteiger partial charge in [-0.15, -0.1) is 0 Å². The first kappa shape index (κ1) is 11.2. The molecular formula is C6H16N3O3+. The van der Waals surface area contributed by atoms with Gasteiger partial charge in [0.25, 0.3) is 0 Å². The zero-order valence-electron chi connectivity index (χ0n) is 7.45. The fourth-order valence-corrected chi connectivity index (χ4v) is 0.620. The molecule has 0 aromatic rings. The van der Waals surface area contributed by atoms with Crippen molar-refractivity contribution in [2.24, 2.45) is 11.7 Å². The van der Waals surface area contributed by atoms with Gasteiger partial charge in [-0.3, -0.25) is 0 Å². The summed E-state index contributed by atoms with van der Waals surface area (Å²) >= 11 is 0. The van der Waals surface area contributed by atoms with Crippen molar-refractivity contribution in [3.05, 3.63) is 0 Å². The van der Waals surface area contributed by atoms with E-state index in [2.05, 4.69) is 9.47 Å². The molecular weight excluding hydrogens is 162 g/mol. The second kappa shape index (κ2) is 4.91. The predicted molar refractivity (Wildman–Crippen MR) is 42.4 cm³/mol. The van der Waals surface area contributed by atoms with Crippen molar-refractivity contribution in [3.8, 4) is 0 Å². The lowest BCUT2D eigenvalue weighted by Gasteiger charge is -2.20. The van der Waals surface area contributed by atoms with E-state index in [4.69, 9.17) is 11.7 Å². The van der Waals surface area contributed by atoms with Crippen LogP contribution in [-0.4, -0.2) is 38.2 Å². The highest BCUT2D eigenvalue weighted by Crippen LogP contribution is 1.89. The van der Waals surface area contributed by atoms with E-state index in [0.29, 0.717) is 13.0 Å². The largest absolute Gasteiger partial charge is 0.507 e. The van der Waals surface area contributed by atoms with Crippen LogP contribution in [0.5, 0.6) is 0 Å². The molecule has 0 saturated carbocycles. The van der Waals surface area contributed by atoms with Gasteiger partial charge >= 0.3 is 6.16 Å². The van der Waals surface area contributed by atoms with Crippen LogP contribution in [0.4, 0.5) is 4.79 Å². The third kappa shape index (κ3) is 7.26. The minimum absolute atomic E-state index is 0.121. The van der Waals surface area contributed by atoms with E-state index >= 15 is 0 Å². The van der Waals surface area contributed by atoms with Crippen molar-refractivity contribution in [1.29, 1.82) is 0 Å². The van der Waals surface area contributed by atoms with E-state index in [1.807, 2.05) is 0 Å². The average Bonchev–Trinajstić information content (AvgIpc) is 1.96. The monoisotopic (exact) mass is 178 g/mol. The third-order valence-corrected chi connectivity index (χ3v) is 1.17. The van der Waals surface area contributed by atoms with Gasteiger partial charge in [0, 0.05) is 6.42 Å². The van der Waals surface area contributed by atoms with Gasteiger partial charge in [-0.1, -0.05) is 0 Å². The highest BCUT2D eigenvalue weighted by molar-refractivity contribution is 5.59. The maximum absolute atomic E-state index is 10.4. The van der Waals surface area contributed by atoms with Crippen LogP contribution in [0.15, 0.2) is 0 Å². The van der Waals surface area contributed by atoms with Gasteiger partial charge in [-0.05, 0) is 0 Å². The maximum Gasteiger partial charge on any atom is 0.507 e.